The van der Waals surface area contributed by atoms with E-state index in [1.54, 1.807) is 13.8 Å². The van der Waals surface area contributed by atoms with Gasteiger partial charge in [-0.3, -0.25) is 14.9 Å². The molecule has 7 heteroatoms. The second-order valence-electron chi connectivity index (χ2n) is 4.42. The molecule has 0 radical (unpaired) electrons. The lowest BCUT2D eigenvalue weighted by atomic mass is 9.93. The molecule has 0 fully saturated rings. The molecule has 1 aromatic carbocycles. The molecule has 1 aromatic rings. The van der Waals surface area contributed by atoms with E-state index in [1.807, 2.05) is 6.07 Å². The van der Waals surface area contributed by atoms with Gasteiger partial charge in [-0.15, -0.1) is 0 Å². The molecule has 106 valence electrons. The quantitative estimate of drug-likeness (QED) is 0.628. The molecule has 0 atom stereocenters. The number of nitrogens with zero attached hydrogens (tertiary/aromatic N) is 2. The summed E-state index contributed by atoms with van der Waals surface area (Å²) in [6.07, 6.45) is 0.832. The molecule has 1 rings (SSSR count). The van der Waals surface area contributed by atoms with E-state index in [0.717, 1.165) is 6.07 Å². The number of nitro benzene ring substituents is 1. The van der Waals surface area contributed by atoms with Crippen molar-refractivity contribution >= 4 is 17.3 Å². The summed E-state index contributed by atoms with van der Waals surface area (Å²) in [7, 11) is 0. The Balaban J connectivity index is 3.13. The molecule has 0 heterocycles. The highest BCUT2D eigenvalue weighted by atomic mass is 16.6. The lowest BCUT2D eigenvalue weighted by molar-refractivity contribution is -0.384. The van der Waals surface area contributed by atoms with E-state index in [4.69, 9.17) is 11.0 Å². The number of carbonyl (C=O) groups is 1. The molecule has 1 amide bonds. The second kappa shape index (κ2) is 6.12. The summed E-state index contributed by atoms with van der Waals surface area (Å²) in [6.45, 7) is 3.55. The van der Waals surface area contributed by atoms with Crippen molar-refractivity contribution in [1.29, 1.82) is 5.26 Å². The summed E-state index contributed by atoms with van der Waals surface area (Å²) in [6, 6.07) is 5.67. The molecule has 0 aliphatic heterocycles. The van der Waals surface area contributed by atoms with Crippen molar-refractivity contribution in [3.63, 3.8) is 0 Å². The summed E-state index contributed by atoms with van der Waals surface area (Å²) in [4.78, 5) is 22.4. The fraction of sp³-hybridized carbons (Fsp3) is 0.385. The number of benzene rings is 1. The van der Waals surface area contributed by atoms with E-state index in [0.29, 0.717) is 12.8 Å². The highest BCUT2D eigenvalue weighted by molar-refractivity contribution is 5.99. The number of carbonyl (C=O) groups excluding carboxylic acids is 1. The highest BCUT2D eigenvalue weighted by Gasteiger charge is 2.31. The Bertz CT molecular complexity index is 573. The Hall–Kier alpha value is -2.46. The molecular weight excluding hydrogens is 260 g/mol. The van der Waals surface area contributed by atoms with Crippen molar-refractivity contribution < 1.29 is 9.72 Å². The average molecular weight is 276 g/mol. The summed E-state index contributed by atoms with van der Waals surface area (Å²) < 4.78 is 0. The zero-order chi connectivity index (χ0) is 15.3. The maximum atomic E-state index is 12.1. The summed E-state index contributed by atoms with van der Waals surface area (Å²) in [5.74, 6) is -0.477. The fourth-order valence-corrected chi connectivity index (χ4v) is 1.68. The number of amides is 1. The van der Waals surface area contributed by atoms with Crippen LogP contribution in [0.4, 0.5) is 11.4 Å². The van der Waals surface area contributed by atoms with Gasteiger partial charge in [-0.25, -0.2) is 0 Å². The summed E-state index contributed by atoms with van der Waals surface area (Å²) in [5.41, 5.74) is 4.73. The third-order valence-corrected chi connectivity index (χ3v) is 3.29. The van der Waals surface area contributed by atoms with E-state index in [2.05, 4.69) is 5.32 Å². The maximum absolute atomic E-state index is 12.1. The molecule has 7 nitrogen and oxygen atoms in total. The number of nitriles is 1. The zero-order valence-corrected chi connectivity index (χ0v) is 11.3. The maximum Gasteiger partial charge on any atom is 0.294 e. The number of hydrogen-bond acceptors (Lipinski definition) is 5. The Morgan fingerprint density at radius 3 is 2.55 bits per heavy atom. The predicted octanol–water partition coefficient (Wildman–Crippen LogP) is 1.92. The van der Waals surface area contributed by atoms with E-state index in [1.165, 1.54) is 12.1 Å². The van der Waals surface area contributed by atoms with Crippen molar-refractivity contribution in [2.45, 2.75) is 32.2 Å². The van der Waals surface area contributed by atoms with Crippen LogP contribution in [0.3, 0.4) is 0 Å². The first kappa shape index (κ1) is 15.6. The molecule has 0 bridgehead atoms. The van der Waals surface area contributed by atoms with Gasteiger partial charge >= 0.3 is 0 Å². The van der Waals surface area contributed by atoms with Crippen molar-refractivity contribution in [3.8, 4) is 6.07 Å². The number of nitrogens with one attached hydrogen (secondary N) is 1. The van der Waals surface area contributed by atoms with Gasteiger partial charge in [0.25, 0.3) is 5.69 Å². The molecule has 0 unspecified atom stereocenters. The third kappa shape index (κ3) is 3.10. The molecule has 0 spiro atoms. The number of nitro groups is 1. The van der Waals surface area contributed by atoms with Gasteiger partial charge in [0.05, 0.1) is 22.1 Å². The number of nitrogens with two attached hydrogens (primary N) is 1. The summed E-state index contributed by atoms with van der Waals surface area (Å²) >= 11 is 0. The van der Waals surface area contributed by atoms with Gasteiger partial charge in [0.1, 0.15) is 5.69 Å². The molecule has 0 saturated carbocycles. The SMILES string of the molecule is CCC(N)(CC)C(=O)Nc1ccc(C#N)cc1[N+](=O)[O-]. The van der Waals surface area contributed by atoms with Gasteiger partial charge in [0.15, 0.2) is 0 Å². The molecule has 0 aliphatic carbocycles. The van der Waals surface area contributed by atoms with E-state index in [9.17, 15) is 14.9 Å². The van der Waals surface area contributed by atoms with Crippen molar-refractivity contribution in [2.75, 3.05) is 5.32 Å². The second-order valence-corrected chi connectivity index (χ2v) is 4.42. The molecule has 3 N–H and O–H groups in total. The Morgan fingerprint density at radius 2 is 2.10 bits per heavy atom. The van der Waals surface area contributed by atoms with Crippen LogP contribution in [0.15, 0.2) is 18.2 Å². The minimum absolute atomic E-state index is 0.0377. The first-order chi connectivity index (χ1) is 9.37. The minimum Gasteiger partial charge on any atom is -0.319 e. The highest BCUT2D eigenvalue weighted by Crippen LogP contribution is 2.26. The monoisotopic (exact) mass is 276 g/mol. The smallest absolute Gasteiger partial charge is 0.294 e. The molecule has 20 heavy (non-hydrogen) atoms. The van der Waals surface area contributed by atoms with Crippen LogP contribution in [0.25, 0.3) is 0 Å². The average Bonchev–Trinajstić information content (AvgIpc) is 2.46. The Labute approximate surface area is 116 Å². The molecule has 0 aromatic heterocycles. The van der Waals surface area contributed by atoms with E-state index in [-0.39, 0.29) is 16.9 Å². The van der Waals surface area contributed by atoms with Gasteiger partial charge in [-0.05, 0) is 25.0 Å². The molecule has 0 saturated heterocycles. The largest absolute Gasteiger partial charge is 0.319 e. The molecule has 0 aliphatic rings. The van der Waals surface area contributed by atoms with E-state index >= 15 is 0 Å². The topological polar surface area (TPSA) is 122 Å². The first-order valence-corrected chi connectivity index (χ1v) is 6.16. The van der Waals surface area contributed by atoms with Crippen molar-refractivity contribution in [1.82, 2.24) is 0 Å². The minimum atomic E-state index is -1.07. The van der Waals surface area contributed by atoms with Crippen LogP contribution in [0.1, 0.15) is 32.3 Å². The van der Waals surface area contributed by atoms with Gasteiger partial charge in [0, 0.05) is 6.07 Å². The number of anilines is 1. The van der Waals surface area contributed by atoms with Crippen molar-refractivity contribution in [3.05, 3.63) is 33.9 Å². The van der Waals surface area contributed by atoms with Crippen LogP contribution in [0.5, 0.6) is 0 Å². The predicted molar refractivity (Wildman–Crippen MR) is 73.9 cm³/mol. The fourth-order valence-electron chi connectivity index (χ4n) is 1.68. The van der Waals surface area contributed by atoms with Crippen molar-refractivity contribution in [2.24, 2.45) is 5.73 Å². The third-order valence-electron chi connectivity index (χ3n) is 3.29. The van der Waals surface area contributed by atoms with Crippen LogP contribution >= 0.6 is 0 Å². The van der Waals surface area contributed by atoms with Crippen LogP contribution in [-0.4, -0.2) is 16.4 Å². The first-order valence-electron chi connectivity index (χ1n) is 6.16. The van der Waals surface area contributed by atoms with Crippen LogP contribution in [0.2, 0.25) is 0 Å². The lowest BCUT2D eigenvalue weighted by Gasteiger charge is -2.25. The lowest BCUT2D eigenvalue weighted by Crippen LogP contribution is -2.50. The normalized spacial score (nSPS) is 10.7. The number of rotatable bonds is 5. The van der Waals surface area contributed by atoms with Gasteiger partial charge in [0.2, 0.25) is 5.91 Å². The van der Waals surface area contributed by atoms with Crippen LogP contribution in [0, 0.1) is 21.4 Å². The van der Waals surface area contributed by atoms with Gasteiger partial charge in [-0.2, -0.15) is 5.26 Å². The summed E-state index contributed by atoms with van der Waals surface area (Å²) in [5, 5.41) is 22.2. The molecular formula is C13H16N4O3. The zero-order valence-electron chi connectivity index (χ0n) is 11.3. The van der Waals surface area contributed by atoms with Gasteiger partial charge in [-0.1, -0.05) is 13.8 Å². The Kier molecular flexibility index (Phi) is 4.78. The van der Waals surface area contributed by atoms with Gasteiger partial charge < -0.3 is 11.1 Å². The standard InChI is InChI=1S/C13H16N4O3/c1-3-13(15,4-2)12(18)16-10-6-5-9(8-14)7-11(10)17(19)20/h5-7H,3-4,15H2,1-2H3,(H,16,18). The van der Waals surface area contributed by atoms with Crippen LogP contribution in [-0.2, 0) is 4.79 Å². The number of hydrogen-bond donors (Lipinski definition) is 2. The van der Waals surface area contributed by atoms with E-state index < -0.39 is 16.4 Å². The Morgan fingerprint density at radius 1 is 1.50 bits per heavy atom. The van der Waals surface area contributed by atoms with Crippen LogP contribution < -0.4 is 11.1 Å².